The van der Waals surface area contributed by atoms with E-state index in [4.69, 9.17) is 9.84 Å². The van der Waals surface area contributed by atoms with E-state index in [1.54, 1.807) is 0 Å². The highest BCUT2D eigenvalue weighted by atomic mass is 16.5. The number of hydrogen-bond donors (Lipinski definition) is 2. The van der Waals surface area contributed by atoms with Crippen LogP contribution in [0, 0.1) is 0 Å². The van der Waals surface area contributed by atoms with Crippen LogP contribution in [0.4, 0.5) is 0 Å². The van der Waals surface area contributed by atoms with Crippen molar-refractivity contribution in [2.75, 3.05) is 13.2 Å². The molecular weight excluding hydrogens is 238 g/mol. The van der Waals surface area contributed by atoms with Gasteiger partial charge < -0.3 is 15.2 Å². The predicted molar refractivity (Wildman–Crippen MR) is 77.4 cm³/mol. The Kier molecular flexibility index (Phi) is 6.18. The average molecular weight is 263 g/mol. The number of ether oxygens (including phenoxy) is 1. The topological polar surface area (TPSA) is 41.5 Å². The van der Waals surface area contributed by atoms with Gasteiger partial charge in [-0.1, -0.05) is 37.8 Å². The third-order valence-electron chi connectivity index (χ3n) is 3.73. The first kappa shape index (κ1) is 14.4. The molecule has 0 aromatic heterocycles. The molecule has 2 N–H and O–H groups in total. The van der Waals surface area contributed by atoms with Crippen molar-refractivity contribution in [3.63, 3.8) is 0 Å². The van der Waals surface area contributed by atoms with Gasteiger partial charge in [0, 0.05) is 12.6 Å². The molecule has 0 heterocycles. The molecule has 0 atom stereocenters. The second-order valence-corrected chi connectivity index (χ2v) is 5.29. The largest absolute Gasteiger partial charge is 0.491 e. The van der Waals surface area contributed by atoms with Crippen LogP contribution in [-0.4, -0.2) is 24.4 Å². The predicted octanol–water partition coefficient (Wildman–Crippen LogP) is 2.87. The lowest BCUT2D eigenvalue weighted by Gasteiger charge is -2.16. The second kappa shape index (κ2) is 8.18. The zero-order chi connectivity index (χ0) is 13.3. The standard InChI is InChI=1S/C16H25NO2/c18-11-12-19-16-9-7-14(8-10-16)13-17-15-5-3-1-2-4-6-15/h7-10,15,17-18H,1-6,11-13H2. The van der Waals surface area contributed by atoms with Gasteiger partial charge in [-0.2, -0.15) is 0 Å². The fourth-order valence-electron chi connectivity index (χ4n) is 2.61. The summed E-state index contributed by atoms with van der Waals surface area (Å²) in [6, 6.07) is 8.82. The van der Waals surface area contributed by atoms with Crippen LogP contribution < -0.4 is 10.1 Å². The van der Waals surface area contributed by atoms with Gasteiger partial charge in [0.15, 0.2) is 0 Å². The summed E-state index contributed by atoms with van der Waals surface area (Å²) in [5.41, 5.74) is 1.29. The Labute approximate surface area is 116 Å². The molecule has 1 aliphatic carbocycles. The number of aliphatic hydroxyl groups excluding tert-OH is 1. The Hall–Kier alpha value is -1.06. The van der Waals surface area contributed by atoms with Crippen molar-refractivity contribution in [2.45, 2.75) is 51.1 Å². The van der Waals surface area contributed by atoms with Crippen LogP contribution >= 0.6 is 0 Å². The molecule has 1 fully saturated rings. The highest BCUT2D eigenvalue weighted by molar-refractivity contribution is 5.27. The third-order valence-corrected chi connectivity index (χ3v) is 3.73. The van der Waals surface area contributed by atoms with Crippen LogP contribution in [0.2, 0.25) is 0 Å². The lowest BCUT2D eigenvalue weighted by molar-refractivity contribution is 0.201. The normalized spacial score (nSPS) is 17.1. The van der Waals surface area contributed by atoms with E-state index in [2.05, 4.69) is 17.4 Å². The number of aliphatic hydroxyl groups is 1. The van der Waals surface area contributed by atoms with E-state index in [1.807, 2.05) is 12.1 Å². The van der Waals surface area contributed by atoms with Crippen molar-refractivity contribution in [2.24, 2.45) is 0 Å². The van der Waals surface area contributed by atoms with Gasteiger partial charge in [0.2, 0.25) is 0 Å². The molecule has 3 heteroatoms. The smallest absolute Gasteiger partial charge is 0.119 e. The molecule has 106 valence electrons. The molecule has 19 heavy (non-hydrogen) atoms. The molecule has 0 spiro atoms. The van der Waals surface area contributed by atoms with E-state index in [0.717, 1.165) is 12.3 Å². The molecule has 0 unspecified atom stereocenters. The number of nitrogens with one attached hydrogen (secondary N) is 1. The van der Waals surface area contributed by atoms with Crippen molar-refractivity contribution in [3.05, 3.63) is 29.8 Å². The van der Waals surface area contributed by atoms with Crippen molar-refractivity contribution in [3.8, 4) is 5.75 Å². The summed E-state index contributed by atoms with van der Waals surface area (Å²) in [6.45, 7) is 1.36. The summed E-state index contributed by atoms with van der Waals surface area (Å²) in [5.74, 6) is 0.826. The summed E-state index contributed by atoms with van der Waals surface area (Å²) in [6.07, 6.45) is 8.16. The first-order chi connectivity index (χ1) is 9.38. The lowest BCUT2D eigenvalue weighted by atomic mass is 10.1. The number of benzene rings is 1. The molecular formula is C16H25NO2. The summed E-state index contributed by atoms with van der Waals surface area (Å²) >= 11 is 0. The van der Waals surface area contributed by atoms with Gasteiger partial charge in [-0.05, 0) is 30.5 Å². The Morgan fingerprint density at radius 2 is 1.74 bits per heavy atom. The van der Waals surface area contributed by atoms with E-state index >= 15 is 0 Å². The van der Waals surface area contributed by atoms with E-state index < -0.39 is 0 Å². The van der Waals surface area contributed by atoms with Crippen LogP contribution in [0.25, 0.3) is 0 Å². The average Bonchev–Trinajstić information content (AvgIpc) is 2.72. The fourth-order valence-corrected chi connectivity index (χ4v) is 2.61. The van der Waals surface area contributed by atoms with Gasteiger partial charge in [0.25, 0.3) is 0 Å². The van der Waals surface area contributed by atoms with Gasteiger partial charge >= 0.3 is 0 Å². The zero-order valence-corrected chi connectivity index (χ0v) is 11.6. The minimum atomic E-state index is 0.0605. The van der Waals surface area contributed by atoms with Gasteiger partial charge in [-0.15, -0.1) is 0 Å². The maximum absolute atomic E-state index is 8.70. The fraction of sp³-hybridized carbons (Fsp3) is 0.625. The van der Waals surface area contributed by atoms with Crippen LogP contribution in [0.3, 0.4) is 0 Å². The molecule has 1 aliphatic rings. The Balaban J connectivity index is 1.75. The van der Waals surface area contributed by atoms with Gasteiger partial charge in [0.1, 0.15) is 12.4 Å². The Morgan fingerprint density at radius 1 is 1.05 bits per heavy atom. The SMILES string of the molecule is OCCOc1ccc(CNC2CCCCCC2)cc1. The molecule has 1 aromatic rings. The van der Waals surface area contributed by atoms with Gasteiger partial charge in [-0.3, -0.25) is 0 Å². The third kappa shape index (κ3) is 5.21. The van der Waals surface area contributed by atoms with Gasteiger partial charge in [0.05, 0.1) is 6.61 Å². The quantitative estimate of drug-likeness (QED) is 0.775. The molecule has 0 saturated heterocycles. The summed E-state index contributed by atoms with van der Waals surface area (Å²) in [4.78, 5) is 0. The molecule has 1 saturated carbocycles. The maximum Gasteiger partial charge on any atom is 0.119 e. The van der Waals surface area contributed by atoms with Crippen molar-refractivity contribution >= 4 is 0 Å². The highest BCUT2D eigenvalue weighted by Crippen LogP contribution is 2.18. The van der Waals surface area contributed by atoms with Crippen molar-refractivity contribution < 1.29 is 9.84 Å². The van der Waals surface area contributed by atoms with Crippen LogP contribution in [0.5, 0.6) is 5.75 Å². The zero-order valence-electron chi connectivity index (χ0n) is 11.6. The van der Waals surface area contributed by atoms with Crippen LogP contribution in [0.1, 0.15) is 44.1 Å². The summed E-state index contributed by atoms with van der Waals surface area (Å²) in [5, 5.41) is 12.4. The molecule has 0 amide bonds. The molecule has 3 nitrogen and oxygen atoms in total. The minimum Gasteiger partial charge on any atom is -0.491 e. The van der Waals surface area contributed by atoms with Crippen molar-refractivity contribution in [1.82, 2.24) is 5.32 Å². The molecule has 0 radical (unpaired) electrons. The van der Waals surface area contributed by atoms with E-state index in [9.17, 15) is 0 Å². The first-order valence-electron chi connectivity index (χ1n) is 7.44. The highest BCUT2D eigenvalue weighted by Gasteiger charge is 2.11. The molecule has 0 bridgehead atoms. The lowest BCUT2D eigenvalue weighted by Crippen LogP contribution is -2.27. The number of hydrogen-bond acceptors (Lipinski definition) is 3. The maximum atomic E-state index is 8.70. The molecule has 2 rings (SSSR count). The van der Waals surface area contributed by atoms with E-state index in [1.165, 1.54) is 44.1 Å². The second-order valence-electron chi connectivity index (χ2n) is 5.29. The monoisotopic (exact) mass is 263 g/mol. The first-order valence-corrected chi connectivity index (χ1v) is 7.44. The van der Waals surface area contributed by atoms with Crippen LogP contribution in [-0.2, 0) is 6.54 Å². The van der Waals surface area contributed by atoms with Gasteiger partial charge in [-0.25, -0.2) is 0 Å². The molecule has 1 aromatic carbocycles. The van der Waals surface area contributed by atoms with Crippen LogP contribution in [0.15, 0.2) is 24.3 Å². The minimum absolute atomic E-state index is 0.0605. The Morgan fingerprint density at radius 3 is 2.37 bits per heavy atom. The summed E-state index contributed by atoms with van der Waals surface area (Å²) < 4.78 is 5.35. The number of rotatable bonds is 6. The molecule has 0 aliphatic heterocycles. The van der Waals surface area contributed by atoms with E-state index in [0.29, 0.717) is 12.6 Å². The van der Waals surface area contributed by atoms with E-state index in [-0.39, 0.29) is 6.61 Å². The Bertz CT molecular complexity index is 342. The van der Waals surface area contributed by atoms with Crippen molar-refractivity contribution in [1.29, 1.82) is 0 Å². The summed E-state index contributed by atoms with van der Waals surface area (Å²) in [7, 11) is 0.